The zero-order valence-electron chi connectivity index (χ0n) is 17.1. The van der Waals surface area contributed by atoms with E-state index in [2.05, 4.69) is 33.8 Å². The average molecular weight is 361 g/mol. The molecule has 3 saturated carbocycles. The van der Waals surface area contributed by atoms with Gasteiger partial charge in [-0.1, -0.05) is 19.4 Å². The smallest absolute Gasteiger partial charge is 0.188 e. The Morgan fingerprint density at radius 2 is 1.62 bits per heavy atom. The van der Waals surface area contributed by atoms with Crippen LogP contribution in [-0.2, 0) is 14.3 Å². The molecule has 0 aromatic heterocycles. The first-order valence-electron chi connectivity index (χ1n) is 10.9. The number of Topliss-reactive ketones (excluding diaryl/α,β-unsaturated/α-hetero) is 1. The second kappa shape index (κ2) is 6.44. The number of allylic oxidation sites excluding steroid dienone is 1. The molecule has 0 amide bonds. The first kappa shape index (κ1) is 18.7. The Bertz CT molecular complexity index is 603. The number of rotatable bonds is 4. The lowest BCUT2D eigenvalue weighted by molar-refractivity contribution is -0.214. The predicted octanol–water partition coefficient (Wildman–Crippen LogP) is 5.29. The minimum atomic E-state index is -0.502. The highest BCUT2D eigenvalue weighted by Crippen LogP contribution is 2.65. The predicted molar refractivity (Wildman–Crippen MR) is 103 cm³/mol. The van der Waals surface area contributed by atoms with Crippen LogP contribution in [-0.4, -0.2) is 24.8 Å². The maximum atomic E-state index is 12.6. The van der Waals surface area contributed by atoms with E-state index in [0.29, 0.717) is 24.9 Å². The van der Waals surface area contributed by atoms with Crippen LogP contribution in [0.3, 0.4) is 0 Å². The van der Waals surface area contributed by atoms with Crippen molar-refractivity contribution in [2.24, 2.45) is 28.6 Å². The van der Waals surface area contributed by atoms with E-state index < -0.39 is 5.79 Å². The van der Waals surface area contributed by atoms with Gasteiger partial charge in [0.15, 0.2) is 5.79 Å². The van der Waals surface area contributed by atoms with E-state index in [1.54, 1.807) is 5.57 Å². The molecule has 0 unspecified atom stereocenters. The highest BCUT2D eigenvalue weighted by Gasteiger charge is 2.59. The second-order valence-electron chi connectivity index (χ2n) is 9.60. The molecule has 0 spiro atoms. The zero-order chi connectivity index (χ0) is 18.6. The van der Waals surface area contributed by atoms with E-state index in [4.69, 9.17) is 9.47 Å². The van der Waals surface area contributed by atoms with Crippen LogP contribution < -0.4 is 0 Å². The lowest BCUT2D eigenvalue weighted by atomic mass is 9.47. The van der Waals surface area contributed by atoms with Gasteiger partial charge in [0.1, 0.15) is 5.78 Å². The molecule has 5 atom stereocenters. The van der Waals surface area contributed by atoms with Crippen LogP contribution in [0.5, 0.6) is 0 Å². The van der Waals surface area contributed by atoms with Gasteiger partial charge < -0.3 is 9.47 Å². The van der Waals surface area contributed by atoms with Crippen molar-refractivity contribution >= 4 is 5.78 Å². The summed E-state index contributed by atoms with van der Waals surface area (Å²) < 4.78 is 12.2. The lowest BCUT2D eigenvalue weighted by Crippen LogP contribution is -2.52. The summed E-state index contributed by atoms with van der Waals surface area (Å²) in [6.07, 6.45) is 11.1. The maximum absolute atomic E-state index is 12.6. The third kappa shape index (κ3) is 2.57. The van der Waals surface area contributed by atoms with Crippen LogP contribution in [0, 0.1) is 28.6 Å². The Kier molecular flexibility index (Phi) is 4.63. The summed E-state index contributed by atoms with van der Waals surface area (Å²) in [5.74, 6) is 2.12. The molecule has 3 heteroatoms. The molecular formula is C23H36O3. The molecule has 4 rings (SSSR count). The molecule has 4 aliphatic rings. The third-order valence-electron chi connectivity index (χ3n) is 8.61. The molecule has 4 aliphatic carbocycles. The molecule has 3 fully saturated rings. The monoisotopic (exact) mass is 360 g/mol. The summed E-state index contributed by atoms with van der Waals surface area (Å²) in [5, 5.41) is 0. The number of carbonyl (C=O) groups excluding carboxylic acids is 1. The molecule has 26 heavy (non-hydrogen) atoms. The number of carbonyl (C=O) groups is 1. The van der Waals surface area contributed by atoms with Gasteiger partial charge in [0.05, 0.1) is 0 Å². The summed E-state index contributed by atoms with van der Waals surface area (Å²) in [5.41, 5.74) is 1.82. The summed E-state index contributed by atoms with van der Waals surface area (Å²) >= 11 is 0. The van der Waals surface area contributed by atoms with Crippen molar-refractivity contribution in [2.75, 3.05) is 13.2 Å². The van der Waals surface area contributed by atoms with Crippen molar-refractivity contribution in [3.8, 4) is 0 Å². The normalized spacial score (nSPS) is 44.1. The fourth-order valence-electron chi connectivity index (χ4n) is 7.21. The van der Waals surface area contributed by atoms with Gasteiger partial charge in [0.25, 0.3) is 0 Å². The van der Waals surface area contributed by atoms with Crippen molar-refractivity contribution in [1.82, 2.24) is 0 Å². The molecule has 146 valence electrons. The van der Waals surface area contributed by atoms with Crippen LogP contribution >= 0.6 is 0 Å². The van der Waals surface area contributed by atoms with Crippen LogP contribution in [0.15, 0.2) is 11.6 Å². The van der Waals surface area contributed by atoms with E-state index in [1.807, 2.05) is 0 Å². The average Bonchev–Trinajstić information content (AvgIpc) is 2.91. The Hall–Kier alpha value is -0.670. The third-order valence-corrected chi connectivity index (χ3v) is 8.61. The highest BCUT2D eigenvalue weighted by molar-refractivity contribution is 5.87. The van der Waals surface area contributed by atoms with E-state index >= 15 is 0 Å². The van der Waals surface area contributed by atoms with Gasteiger partial charge in [0.2, 0.25) is 0 Å². The number of ketones is 1. The van der Waals surface area contributed by atoms with E-state index in [9.17, 15) is 4.79 Å². The molecular weight excluding hydrogens is 324 g/mol. The first-order valence-corrected chi connectivity index (χ1v) is 10.9. The fourth-order valence-corrected chi connectivity index (χ4v) is 7.21. The van der Waals surface area contributed by atoms with Gasteiger partial charge in [-0.05, 0) is 81.6 Å². The molecule has 0 radical (unpaired) electrons. The van der Waals surface area contributed by atoms with Crippen molar-refractivity contribution in [3.05, 3.63) is 11.6 Å². The fraction of sp³-hybridized carbons (Fsp3) is 0.870. The molecule has 0 saturated heterocycles. The Morgan fingerprint density at radius 1 is 0.923 bits per heavy atom. The van der Waals surface area contributed by atoms with Gasteiger partial charge >= 0.3 is 0 Å². The minimum Gasteiger partial charge on any atom is -0.347 e. The summed E-state index contributed by atoms with van der Waals surface area (Å²) in [7, 11) is 0. The molecule has 0 N–H and O–H groups in total. The summed E-state index contributed by atoms with van der Waals surface area (Å²) in [6.45, 7) is 10.3. The second-order valence-corrected chi connectivity index (χ2v) is 9.60. The molecule has 0 aromatic rings. The van der Waals surface area contributed by atoms with Gasteiger partial charge in [-0.25, -0.2) is 0 Å². The largest absolute Gasteiger partial charge is 0.347 e. The van der Waals surface area contributed by atoms with E-state index in [0.717, 1.165) is 50.4 Å². The minimum absolute atomic E-state index is 0.0200. The van der Waals surface area contributed by atoms with Gasteiger partial charge in [-0.3, -0.25) is 4.79 Å². The van der Waals surface area contributed by atoms with E-state index in [-0.39, 0.29) is 10.8 Å². The summed E-state index contributed by atoms with van der Waals surface area (Å²) in [6, 6.07) is 0. The standard InChI is InChI=1S/C23H36O3/c1-5-25-23(26-6-2)14-13-21(3)16(15-23)7-8-17-18-9-10-20(24)22(18,4)12-11-19(17)21/h15,17-19H,5-14H2,1-4H3/t17-,18-,19-,21-,22-/m0/s1. The zero-order valence-corrected chi connectivity index (χ0v) is 17.1. The van der Waals surface area contributed by atoms with E-state index in [1.165, 1.54) is 12.8 Å². The number of ether oxygens (including phenoxy) is 2. The molecule has 0 aliphatic heterocycles. The molecule has 3 nitrogen and oxygen atoms in total. The SMILES string of the molecule is CCOC1(OCC)C=C2CC[C@@H]3[C@H](CC[C@]4(C)C(=O)CC[C@@H]34)[C@@]2(C)CC1. The molecule has 0 bridgehead atoms. The van der Waals surface area contributed by atoms with Crippen molar-refractivity contribution in [1.29, 1.82) is 0 Å². The Labute approximate surface area is 158 Å². The summed E-state index contributed by atoms with van der Waals surface area (Å²) in [4.78, 5) is 12.6. The number of fused-ring (bicyclic) bond motifs is 5. The maximum Gasteiger partial charge on any atom is 0.188 e. The quantitative estimate of drug-likeness (QED) is 0.505. The van der Waals surface area contributed by atoms with Gasteiger partial charge in [-0.15, -0.1) is 0 Å². The Balaban J connectivity index is 1.64. The molecule has 0 heterocycles. The van der Waals surface area contributed by atoms with Crippen LogP contribution in [0.2, 0.25) is 0 Å². The topological polar surface area (TPSA) is 35.5 Å². The highest BCUT2D eigenvalue weighted by atomic mass is 16.7. The number of hydrogen-bond acceptors (Lipinski definition) is 3. The Morgan fingerprint density at radius 3 is 2.31 bits per heavy atom. The van der Waals surface area contributed by atoms with Crippen LogP contribution in [0.4, 0.5) is 0 Å². The van der Waals surface area contributed by atoms with Gasteiger partial charge in [0, 0.05) is 31.5 Å². The van der Waals surface area contributed by atoms with Crippen molar-refractivity contribution in [2.45, 2.75) is 84.8 Å². The van der Waals surface area contributed by atoms with Crippen LogP contribution in [0.25, 0.3) is 0 Å². The van der Waals surface area contributed by atoms with Gasteiger partial charge in [-0.2, -0.15) is 0 Å². The molecule has 0 aromatic carbocycles. The number of hydrogen-bond donors (Lipinski definition) is 0. The van der Waals surface area contributed by atoms with Crippen molar-refractivity contribution in [3.63, 3.8) is 0 Å². The first-order chi connectivity index (χ1) is 12.4. The lowest BCUT2D eigenvalue weighted by Gasteiger charge is -2.58. The van der Waals surface area contributed by atoms with Crippen molar-refractivity contribution < 1.29 is 14.3 Å². The van der Waals surface area contributed by atoms with Crippen LogP contribution in [0.1, 0.15) is 79.1 Å².